The summed E-state index contributed by atoms with van der Waals surface area (Å²) in [6, 6.07) is 20.1. The van der Waals surface area contributed by atoms with Crippen molar-refractivity contribution in [2.24, 2.45) is 0 Å². The number of rotatable bonds is 3. The molecule has 0 radical (unpaired) electrons. The predicted molar refractivity (Wildman–Crippen MR) is 121 cm³/mol. The van der Waals surface area contributed by atoms with E-state index in [1.807, 2.05) is 48.5 Å². The van der Waals surface area contributed by atoms with Gasteiger partial charge in [-0.25, -0.2) is 0 Å². The average Bonchev–Trinajstić information content (AvgIpc) is 2.82. The van der Waals surface area contributed by atoms with Gasteiger partial charge in [0.2, 0.25) is 0 Å². The maximum atomic E-state index is 4.57. The second-order valence-electron chi connectivity index (χ2n) is 7.05. The first-order chi connectivity index (χ1) is 14.9. The molecule has 0 bridgehead atoms. The number of hydrogen-bond donors (Lipinski definition) is 2. The smallest absolute Gasteiger partial charge is 0.0985 e. The molecule has 0 fully saturated rings. The molecule has 0 saturated carbocycles. The normalized spacial score (nSPS) is 11.3. The number of nitrogens with zero attached hydrogens (tertiary/aromatic N) is 4. The Kier molecular flexibility index (Phi) is 3.67. The van der Waals surface area contributed by atoms with Crippen LogP contribution in [0.5, 0.6) is 0 Å². The van der Waals surface area contributed by atoms with E-state index < -0.39 is 0 Å². The van der Waals surface area contributed by atoms with Crippen LogP contribution >= 0.6 is 0 Å². The van der Waals surface area contributed by atoms with Crippen molar-refractivity contribution in [3.8, 4) is 0 Å². The molecule has 0 aliphatic heterocycles. The number of nitrogens with one attached hydrogen (secondary N) is 2. The molecule has 0 aliphatic rings. The molecule has 30 heavy (non-hydrogen) atoms. The van der Waals surface area contributed by atoms with E-state index in [1.165, 1.54) is 0 Å². The van der Waals surface area contributed by atoms with Gasteiger partial charge in [-0.2, -0.15) is 0 Å². The fourth-order valence-electron chi connectivity index (χ4n) is 3.89. The summed E-state index contributed by atoms with van der Waals surface area (Å²) in [5.41, 5.74) is 12.2. The van der Waals surface area contributed by atoms with Crippen LogP contribution in [0.2, 0.25) is 0 Å². The van der Waals surface area contributed by atoms with Crippen LogP contribution in [0, 0.1) is 0 Å². The molecule has 6 rings (SSSR count). The Balaban J connectivity index is 1.49. The topological polar surface area (TPSA) is 75.6 Å². The van der Waals surface area contributed by atoms with E-state index in [4.69, 9.17) is 0 Å². The number of hydrogen-bond acceptors (Lipinski definition) is 6. The maximum absolute atomic E-state index is 4.57. The fourth-order valence-corrected chi connectivity index (χ4v) is 3.89. The Morgan fingerprint density at radius 3 is 1.33 bits per heavy atom. The van der Waals surface area contributed by atoms with Crippen molar-refractivity contribution in [2.45, 2.75) is 0 Å². The van der Waals surface area contributed by atoms with Crippen molar-refractivity contribution in [1.29, 1.82) is 0 Å². The van der Waals surface area contributed by atoms with Crippen LogP contribution in [0.15, 0.2) is 85.5 Å². The van der Waals surface area contributed by atoms with Crippen LogP contribution in [0.1, 0.15) is 0 Å². The maximum Gasteiger partial charge on any atom is 0.0985 e. The van der Waals surface area contributed by atoms with Gasteiger partial charge in [-0.3, -0.25) is 19.9 Å². The van der Waals surface area contributed by atoms with E-state index in [0.717, 1.165) is 55.0 Å². The molecule has 6 aromatic rings. The molecule has 2 aromatic carbocycles. The van der Waals surface area contributed by atoms with Gasteiger partial charge < -0.3 is 10.9 Å². The highest BCUT2D eigenvalue weighted by molar-refractivity contribution is 6.11. The van der Waals surface area contributed by atoms with E-state index in [1.54, 1.807) is 24.8 Å². The van der Waals surface area contributed by atoms with Gasteiger partial charge in [0.05, 0.1) is 33.4 Å². The zero-order valence-electron chi connectivity index (χ0n) is 15.9. The highest BCUT2D eigenvalue weighted by atomic mass is 15.4. The molecule has 142 valence electrons. The lowest BCUT2D eigenvalue weighted by atomic mass is 10.1. The summed E-state index contributed by atoms with van der Waals surface area (Å²) in [6.07, 6.45) is 7.18. The quantitative estimate of drug-likeness (QED) is 0.316. The largest absolute Gasteiger partial charge is 0.300 e. The van der Waals surface area contributed by atoms with Crippen LogP contribution in [0.3, 0.4) is 0 Å². The molecule has 4 heterocycles. The van der Waals surface area contributed by atoms with Crippen molar-refractivity contribution in [3.63, 3.8) is 0 Å². The van der Waals surface area contributed by atoms with E-state index in [0.29, 0.717) is 0 Å². The number of hydrazine groups is 1. The number of anilines is 2. The summed E-state index contributed by atoms with van der Waals surface area (Å²) in [5, 5.41) is 4.06. The van der Waals surface area contributed by atoms with Gasteiger partial charge in [-0.15, -0.1) is 0 Å². The number of pyridine rings is 4. The molecule has 4 aromatic heterocycles. The minimum absolute atomic E-state index is 0.870. The molecular weight excluding hydrogens is 372 g/mol. The molecule has 0 aliphatic carbocycles. The van der Waals surface area contributed by atoms with Crippen LogP contribution in [0.4, 0.5) is 11.4 Å². The first-order valence-corrected chi connectivity index (χ1v) is 9.65. The lowest BCUT2D eigenvalue weighted by Gasteiger charge is -2.15. The van der Waals surface area contributed by atoms with Gasteiger partial charge in [-0.05, 0) is 48.5 Å². The molecule has 0 saturated heterocycles. The van der Waals surface area contributed by atoms with Crippen molar-refractivity contribution in [2.75, 3.05) is 10.9 Å². The highest BCUT2D eigenvalue weighted by Crippen LogP contribution is 2.32. The standard InChI is InChI=1S/C24H16N6/c1-5-15-13-19(17-7-3-11-27-23(17)21(15)25-9-1)29-30-20-14-16-6-2-10-26-22(16)24-18(20)8-4-12-28-24/h1-14,29-30H. The van der Waals surface area contributed by atoms with Gasteiger partial charge >= 0.3 is 0 Å². The van der Waals surface area contributed by atoms with Gasteiger partial charge in [-0.1, -0.05) is 12.1 Å². The average molecular weight is 388 g/mol. The van der Waals surface area contributed by atoms with E-state index >= 15 is 0 Å². The van der Waals surface area contributed by atoms with Crippen LogP contribution in [0.25, 0.3) is 43.6 Å². The molecule has 0 atom stereocenters. The first kappa shape index (κ1) is 16.6. The number of benzene rings is 2. The van der Waals surface area contributed by atoms with E-state index in [9.17, 15) is 0 Å². The van der Waals surface area contributed by atoms with Crippen LogP contribution in [-0.2, 0) is 0 Å². The summed E-state index contributed by atoms with van der Waals surface area (Å²) < 4.78 is 0. The zero-order chi connectivity index (χ0) is 19.9. The SMILES string of the molecule is c1cnc2c(c1)cc(NNc1cc3cccnc3c3ncccc13)c1cccnc12. The Hall–Kier alpha value is -4.32. The zero-order valence-corrected chi connectivity index (χ0v) is 15.9. The van der Waals surface area contributed by atoms with Gasteiger partial charge in [0.25, 0.3) is 0 Å². The number of aromatic nitrogens is 4. The fraction of sp³-hybridized carbons (Fsp3) is 0. The van der Waals surface area contributed by atoms with E-state index in [-0.39, 0.29) is 0 Å². The molecule has 2 N–H and O–H groups in total. The van der Waals surface area contributed by atoms with Crippen LogP contribution < -0.4 is 10.9 Å². The van der Waals surface area contributed by atoms with Crippen molar-refractivity contribution >= 4 is 55.0 Å². The second-order valence-corrected chi connectivity index (χ2v) is 7.05. The summed E-state index contributed by atoms with van der Waals surface area (Å²) in [6.45, 7) is 0. The lowest BCUT2D eigenvalue weighted by Crippen LogP contribution is -2.10. The Bertz CT molecular complexity index is 1440. The summed E-state index contributed by atoms with van der Waals surface area (Å²) >= 11 is 0. The summed E-state index contributed by atoms with van der Waals surface area (Å²) in [7, 11) is 0. The summed E-state index contributed by atoms with van der Waals surface area (Å²) in [5.74, 6) is 0. The molecule has 6 nitrogen and oxygen atoms in total. The summed E-state index contributed by atoms with van der Waals surface area (Å²) in [4.78, 5) is 18.2. The predicted octanol–water partition coefficient (Wildman–Crippen LogP) is 5.32. The van der Waals surface area contributed by atoms with Gasteiger partial charge in [0, 0.05) is 46.3 Å². The van der Waals surface area contributed by atoms with Gasteiger partial charge in [0.15, 0.2) is 0 Å². The molecule has 0 unspecified atom stereocenters. The molecule has 0 amide bonds. The van der Waals surface area contributed by atoms with Crippen molar-refractivity contribution in [3.05, 3.63) is 85.5 Å². The minimum atomic E-state index is 0.870. The third-order valence-electron chi connectivity index (χ3n) is 5.25. The monoisotopic (exact) mass is 388 g/mol. The molecular formula is C24H16N6. The molecule has 6 heteroatoms. The van der Waals surface area contributed by atoms with Crippen molar-refractivity contribution in [1.82, 2.24) is 19.9 Å². The Morgan fingerprint density at radius 1 is 0.467 bits per heavy atom. The third kappa shape index (κ3) is 2.58. The van der Waals surface area contributed by atoms with Gasteiger partial charge in [0.1, 0.15) is 0 Å². The third-order valence-corrected chi connectivity index (χ3v) is 5.25. The second kappa shape index (κ2) is 6.63. The van der Waals surface area contributed by atoms with Crippen molar-refractivity contribution < 1.29 is 0 Å². The highest BCUT2D eigenvalue weighted by Gasteiger charge is 2.11. The lowest BCUT2D eigenvalue weighted by molar-refractivity contribution is 1.36. The Morgan fingerprint density at radius 2 is 0.867 bits per heavy atom. The number of fused-ring (bicyclic) bond motifs is 6. The minimum Gasteiger partial charge on any atom is -0.300 e. The van der Waals surface area contributed by atoms with E-state index in [2.05, 4.69) is 42.9 Å². The Labute approximate surface area is 171 Å². The molecule has 0 spiro atoms. The van der Waals surface area contributed by atoms with Crippen LogP contribution in [-0.4, -0.2) is 19.9 Å². The first-order valence-electron chi connectivity index (χ1n) is 9.65.